The maximum atomic E-state index is 3.79. The van der Waals surface area contributed by atoms with Gasteiger partial charge in [-0.3, -0.25) is 0 Å². The summed E-state index contributed by atoms with van der Waals surface area (Å²) >= 11 is 0. The second kappa shape index (κ2) is 6.22. The van der Waals surface area contributed by atoms with Gasteiger partial charge in [0.15, 0.2) is 0 Å². The maximum Gasteiger partial charge on any atom is 0.000527 e. The standard InChI is InChI=1S/C16H31N/c1-14-7-6-8-15(11-14)12-17-13-16(2)9-4-3-5-10-16/h14-15,17H,3-13H2,1-2H3. The van der Waals surface area contributed by atoms with Crippen molar-refractivity contribution in [3.05, 3.63) is 0 Å². The predicted molar refractivity (Wildman–Crippen MR) is 75.2 cm³/mol. The molecule has 2 atom stereocenters. The molecule has 1 nitrogen and oxygen atoms in total. The summed E-state index contributed by atoms with van der Waals surface area (Å²) < 4.78 is 0. The highest BCUT2D eigenvalue weighted by Gasteiger charge is 2.26. The molecule has 2 unspecified atom stereocenters. The Balaban J connectivity index is 1.64. The largest absolute Gasteiger partial charge is 0.316 e. The molecule has 0 bridgehead atoms. The van der Waals surface area contributed by atoms with Crippen LogP contribution in [0.3, 0.4) is 0 Å². The molecular formula is C16H31N. The number of hydrogen-bond donors (Lipinski definition) is 1. The van der Waals surface area contributed by atoms with E-state index in [1.165, 1.54) is 70.9 Å². The molecule has 0 saturated heterocycles. The van der Waals surface area contributed by atoms with E-state index < -0.39 is 0 Å². The van der Waals surface area contributed by atoms with Crippen LogP contribution in [0.5, 0.6) is 0 Å². The Labute approximate surface area is 108 Å². The lowest BCUT2D eigenvalue weighted by Crippen LogP contribution is -2.36. The second-order valence-corrected chi connectivity index (χ2v) is 7.14. The summed E-state index contributed by atoms with van der Waals surface area (Å²) in [4.78, 5) is 0. The van der Waals surface area contributed by atoms with Gasteiger partial charge in [-0.25, -0.2) is 0 Å². The lowest BCUT2D eigenvalue weighted by Gasteiger charge is -2.35. The smallest absolute Gasteiger partial charge is 0.000527 e. The van der Waals surface area contributed by atoms with Gasteiger partial charge >= 0.3 is 0 Å². The molecule has 2 saturated carbocycles. The fraction of sp³-hybridized carbons (Fsp3) is 1.00. The van der Waals surface area contributed by atoms with E-state index in [-0.39, 0.29) is 0 Å². The summed E-state index contributed by atoms with van der Waals surface area (Å²) in [6.45, 7) is 7.45. The van der Waals surface area contributed by atoms with Crippen molar-refractivity contribution < 1.29 is 0 Å². The maximum absolute atomic E-state index is 3.79. The number of rotatable bonds is 4. The zero-order valence-electron chi connectivity index (χ0n) is 11.9. The highest BCUT2D eigenvalue weighted by molar-refractivity contribution is 4.81. The number of hydrogen-bond acceptors (Lipinski definition) is 1. The minimum Gasteiger partial charge on any atom is -0.316 e. The van der Waals surface area contributed by atoms with E-state index in [1.807, 2.05) is 0 Å². The first-order chi connectivity index (χ1) is 8.18. The number of nitrogens with one attached hydrogen (secondary N) is 1. The molecule has 17 heavy (non-hydrogen) atoms. The van der Waals surface area contributed by atoms with Crippen LogP contribution in [0.1, 0.15) is 71.6 Å². The fourth-order valence-electron chi connectivity index (χ4n) is 3.91. The molecule has 0 aromatic rings. The normalized spacial score (nSPS) is 33.5. The zero-order valence-corrected chi connectivity index (χ0v) is 11.9. The second-order valence-electron chi connectivity index (χ2n) is 7.14. The molecule has 0 radical (unpaired) electrons. The fourth-order valence-corrected chi connectivity index (χ4v) is 3.91. The van der Waals surface area contributed by atoms with Crippen LogP contribution in [0.4, 0.5) is 0 Å². The highest BCUT2D eigenvalue weighted by Crippen LogP contribution is 2.35. The van der Waals surface area contributed by atoms with Gasteiger partial charge in [0.05, 0.1) is 0 Å². The average Bonchev–Trinajstić information content (AvgIpc) is 2.30. The average molecular weight is 237 g/mol. The molecule has 1 N–H and O–H groups in total. The molecule has 0 spiro atoms. The molecule has 2 fully saturated rings. The van der Waals surface area contributed by atoms with Crippen molar-refractivity contribution in [3.63, 3.8) is 0 Å². The van der Waals surface area contributed by atoms with Crippen LogP contribution < -0.4 is 5.32 Å². The first-order valence-corrected chi connectivity index (χ1v) is 7.89. The summed E-state index contributed by atoms with van der Waals surface area (Å²) in [5, 5.41) is 3.79. The molecule has 2 rings (SSSR count). The Morgan fingerprint density at radius 1 is 1.06 bits per heavy atom. The van der Waals surface area contributed by atoms with E-state index in [0.717, 1.165) is 11.8 Å². The molecule has 0 amide bonds. The zero-order chi connectivity index (χ0) is 12.1. The van der Waals surface area contributed by atoms with Gasteiger partial charge in [0.25, 0.3) is 0 Å². The van der Waals surface area contributed by atoms with Gasteiger partial charge in [-0.1, -0.05) is 46.0 Å². The molecule has 0 aromatic carbocycles. The summed E-state index contributed by atoms with van der Waals surface area (Å²) in [5.74, 6) is 1.94. The topological polar surface area (TPSA) is 12.0 Å². The van der Waals surface area contributed by atoms with Crippen LogP contribution in [0, 0.1) is 17.3 Å². The van der Waals surface area contributed by atoms with Gasteiger partial charge in [0.2, 0.25) is 0 Å². The molecule has 100 valence electrons. The van der Waals surface area contributed by atoms with Gasteiger partial charge < -0.3 is 5.32 Å². The van der Waals surface area contributed by atoms with Gasteiger partial charge in [-0.15, -0.1) is 0 Å². The van der Waals surface area contributed by atoms with Crippen molar-refractivity contribution in [1.82, 2.24) is 5.32 Å². The van der Waals surface area contributed by atoms with E-state index in [9.17, 15) is 0 Å². The minimum atomic E-state index is 0.610. The third-order valence-electron chi connectivity index (χ3n) is 5.09. The molecule has 0 aromatic heterocycles. The van der Waals surface area contributed by atoms with Crippen LogP contribution >= 0.6 is 0 Å². The minimum absolute atomic E-state index is 0.610. The molecule has 0 heterocycles. The van der Waals surface area contributed by atoms with Crippen molar-refractivity contribution in [2.45, 2.75) is 71.6 Å². The van der Waals surface area contributed by atoms with Gasteiger partial charge in [0.1, 0.15) is 0 Å². The third kappa shape index (κ3) is 4.28. The first kappa shape index (κ1) is 13.4. The summed E-state index contributed by atoms with van der Waals surface area (Å²) in [6, 6.07) is 0. The lowest BCUT2D eigenvalue weighted by molar-refractivity contribution is 0.196. The van der Waals surface area contributed by atoms with E-state index in [2.05, 4.69) is 19.2 Å². The van der Waals surface area contributed by atoms with Crippen molar-refractivity contribution in [2.75, 3.05) is 13.1 Å². The molecule has 0 aliphatic heterocycles. The molecule has 1 heteroatoms. The van der Waals surface area contributed by atoms with E-state index in [0.29, 0.717) is 5.41 Å². The van der Waals surface area contributed by atoms with Crippen molar-refractivity contribution in [3.8, 4) is 0 Å². The van der Waals surface area contributed by atoms with Gasteiger partial charge in [0, 0.05) is 6.54 Å². The predicted octanol–water partition coefficient (Wildman–Crippen LogP) is 4.37. The van der Waals surface area contributed by atoms with Crippen molar-refractivity contribution in [1.29, 1.82) is 0 Å². The van der Waals surface area contributed by atoms with Crippen molar-refractivity contribution >= 4 is 0 Å². The highest BCUT2D eigenvalue weighted by atomic mass is 14.9. The Hall–Kier alpha value is -0.0400. The summed E-state index contributed by atoms with van der Waals surface area (Å²) in [6.07, 6.45) is 13.1. The quantitative estimate of drug-likeness (QED) is 0.765. The van der Waals surface area contributed by atoms with E-state index in [4.69, 9.17) is 0 Å². The Kier molecular flexibility index (Phi) is 4.90. The summed E-state index contributed by atoms with van der Waals surface area (Å²) in [5.41, 5.74) is 0.610. The van der Waals surface area contributed by atoms with Crippen LogP contribution in [0.25, 0.3) is 0 Å². The van der Waals surface area contributed by atoms with Crippen LogP contribution in [-0.4, -0.2) is 13.1 Å². The molecule has 2 aliphatic rings. The molecular weight excluding hydrogens is 206 g/mol. The third-order valence-corrected chi connectivity index (χ3v) is 5.09. The van der Waals surface area contributed by atoms with Crippen LogP contribution in [0.2, 0.25) is 0 Å². The van der Waals surface area contributed by atoms with Gasteiger partial charge in [-0.05, 0) is 49.5 Å². The SMILES string of the molecule is CC1CCCC(CNCC2(C)CCCCC2)C1. The lowest BCUT2D eigenvalue weighted by atomic mass is 9.75. The molecule has 2 aliphatic carbocycles. The van der Waals surface area contributed by atoms with Crippen molar-refractivity contribution in [2.24, 2.45) is 17.3 Å². The first-order valence-electron chi connectivity index (χ1n) is 7.89. The van der Waals surface area contributed by atoms with Crippen LogP contribution in [-0.2, 0) is 0 Å². The van der Waals surface area contributed by atoms with Crippen LogP contribution in [0.15, 0.2) is 0 Å². The Bertz CT molecular complexity index is 218. The van der Waals surface area contributed by atoms with E-state index in [1.54, 1.807) is 0 Å². The van der Waals surface area contributed by atoms with Gasteiger partial charge in [-0.2, -0.15) is 0 Å². The summed E-state index contributed by atoms with van der Waals surface area (Å²) in [7, 11) is 0. The Morgan fingerprint density at radius 2 is 1.82 bits per heavy atom. The monoisotopic (exact) mass is 237 g/mol. The van der Waals surface area contributed by atoms with E-state index >= 15 is 0 Å². The Morgan fingerprint density at radius 3 is 2.53 bits per heavy atom.